The highest BCUT2D eigenvalue weighted by Gasteiger charge is 2.19. The lowest BCUT2D eigenvalue weighted by atomic mass is 10.1. The van der Waals surface area contributed by atoms with Gasteiger partial charge in [0.1, 0.15) is 11.6 Å². The van der Waals surface area contributed by atoms with Crippen LogP contribution in [0.2, 0.25) is 0 Å². The van der Waals surface area contributed by atoms with Crippen LogP contribution in [-0.2, 0) is 20.8 Å². The first-order valence-corrected chi connectivity index (χ1v) is 9.55. The van der Waals surface area contributed by atoms with E-state index >= 15 is 0 Å². The Kier molecular flexibility index (Phi) is 9.64. The third-order valence-electron chi connectivity index (χ3n) is 3.32. The number of aromatic nitrogens is 1. The summed E-state index contributed by atoms with van der Waals surface area (Å²) in [5, 5.41) is 4.80. The van der Waals surface area contributed by atoms with Crippen molar-refractivity contribution < 1.29 is 23.9 Å². The van der Waals surface area contributed by atoms with Gasteiger partial charge in [0.05, 0.1) is 19.8 Å². The molecule has 26 heavy (non-hydrogen) atoms. The first-order valence-electron chi connectivity index (χ1n) is 8.67. The summed E-state index contributed by atoms with van der Waals surface area (Å²) < 4.78 is 9.73. The second kappa shape index (κ2) is 11.5. The zero-order valence-electron chi connectivity index (χ0n) is 15.7. The molecule has 0 spiro atoms. The first-order chi connectivity index (χ1) is 12.4. The minimum atomic E-state index is -0.483. The van der Waals surface area contributed by atoms with Crippen molar-refractivity contribution in [3.05, 3.63) is 16.1 Å². The van der Waals surface area contributed by atoms with Crippen LogP contribution in [0.5, 0.6) is 0 Å². The van der Waals surface area contributed by atoms with Gasteiger partial charge in [-0.15, -0.1) is 11.3 Å². The van der Waals surface area contributed by atoms with E-state index in [2.05, 4.69) is 24.1 Å². The molecule has 0 saturated carbocycles. The van der Waals surface area contributed by atoms with Crippen LogP contribution in [0.3, 0.4) is 0 Å². The number of hydrogen-bond acceptors (Lipinski definition) is 7. The van der Waals surface area contributed by atoms with Crippen LogP contribution in [0.15, 0.2) is 5.38 Å². The van der Waals surface area contributed by atoms with Gasteiger partial charge in [-0.2, -0.15) is 0 Å². The van der Waals surface area contributed by atoms with Crippen molar-refractivity contribution in [2.45, 2.75) is 40.7 Å². The van der Waals surface area contributed by atoms with Gasteiger partial charge in [-0.1, -0.05) is 13.8 Å². The molecule has 0 radical (unpaired) electrons. The summed E-state index contributed by atoms with van der Waals surface area (Å²) in [6, 6.07) is -0.369. The Hall–Kier alpha value is -2.16. The molecular formula is C17H27N3O5S. The molecule has 0 fully saturated rings. The molecule has 1 aromatic rings. The third-order valence-corrected chi connectivity index (χ3v) is 4.15. The maximum absolute atomic E-state index is 12.4. The van der Waals surface area contributed by atoms with Gasteiger partial charge in [0, 0.05) is 11.9 Å². The quantitative estimate of drug-likeness (QED) is 0.621. The van der Waals surface area contributed by atoms with E-state index in [1.807, 2.05) is 0 Å². The molecule has 0 saturated heterocycles. The van der Waals surface area contributed by atoms with Gasteiger partial charge in [0.25, 0.3) is 0 Å². The maximum Gasteiger partial charge on any atom is 0.357 e. The van der Waals surface area contributed by atoms with Crippen LogP contribution in [-0.4, -0.2) is 54.2 Å². The predicted octanol–water partition coefficient (Wildman–Crippen LogP) is 2.44. The SMILES string of the molecule is CCOC(=O)CNC(=O)N(CCC(C)C)Cc1nc(C(=O)OCC)cs1. The summed E-state index contributed by atoms with van der Waals surface area (Å²) in [6.45, 7) is 8.70. The minimum Gasteiger partial charge on any atom is -0.465 e. The van der Waals surface area contributed by atoms with Crippen molar-refractivity contribution in [1.29, 1.82) is 0 Å². The zero-order valence-corrected chi connectivity index (χ0v) is 16.6. The molecule has 0 aromatic carbocycles. The molecule has 0 bridgehead atoms. The van der Waals surface area contributed by atoms with E-state index in [1.54, 1.807) is 24.1 Å². The fraction of sp³-hybridized carbons (Fsp3) is 0.647. The largest absolute Gasteiger partial charge is 0.465 e. The van der Waals surface area contributed by atoms with Crippen LogP contribution in [0.25, 0.3) is 0 Å². The topological polar surface area (TPSA) is 97.8 Å². The molecule has 2 amide bonds. The number of amides is 2. The van der Waals surface area contributed by atoms with Crippen LogP contribution < -0.4 is 5.32 Å². The number of urea groups is 1. The standard InChI is InChI=1S/C17H27N3O5S/c1-5-24-15(21)9-18-17(23)20(8-7-12(3)4)10-14-19-13(11-26-14)16(22)25-6-2/h11-12H,5-10H2,1-4H3,(H,18,23). The fourth-order valence-electron chi connectivity index (χ4n) is 1.98. The summed E-state index contributed by atoms with van der Waals surface area (Å²) in [5.74, 6) is -0.541. The number of nitrogens with zero attached hydrogens (tertiary/aromatic N) is 2. The molecule has 8 nitrogen and oxygen atoms in total. The molecule has 0 aliphatic heterocycles. The molecule has 0 aliphatic rings. The van der Waals surface area contributed by atoms with Crippen molar-refractivity contribution in [3.8, 4) is 0 Å². The van der Waals surface area contributed by atoms with Crippen LogP contribution in [0, 0.1) is 5.92 Å². The maximum atomic E-state index is 12.4. The van der Waals surface area contributed by atoms with E-state index < -0.39 is 11.9 Å². The van der Waals surface area contributed by atoms with E-state index in [0.717, 1.165) is 6.42 Å². The minimum absolute atomic E-state index is 0.184. The summed E-state index contributed by atoms with van der Waals surface area (Å²) in [5.41, 5.74) is 0.239. The Balaban J connectivity index is 2.71. The Morgan fingerprint density at radius 2 is 1.92 bits per heavy atom. The number of thiazole rings is 1. The molecule has 1 aromatic heterocycles. The lowest BCUT2D eigenvalue weighted by molar-refractivity contribution is -0.141. The number of carbonyl (C=O) groups excluding carboxylic acids is 3. The van der Waals surface area contributed by atoms with Crippen LogP contribution in [0.4, 0.5) is 4.79 Å². The lowest BCUT2D eigenvalue weighted by Crippen LogP contribution is -2.42. The smallest absolute Gasteiger partial charge is 0.357 e. The normalized spacial score (nSPS) is 10.5. The van der Waals surface area contributed by atoms with Crippen molar-refractivity contribution in [3.63, 3.8) is 0 Å². The van der Waals surface area contributed by atoms with Crippen molar-refractivity contribution in [2.24, 2.45) is 5.92 Å². The Bertz CT molecular complexity index is 603. The van der Waals surface area contributed by atoms with E-state index in [1.165, 1.54) is 11.3 Å². The van der Waals surface area contributed by atoms with Gasteiger partial charge in [0.15, 0.2) is 5.69 Å². The van der Waals surface area contributed by atoms with Crippen molar-refractivity contribution in [1.82, 2.24) is 15.2 Å². The fourth-order valence-corrected chi connectivity index (χ4v) is 2.76. The molecule has 146 valence electrons. The summed E-state index contributed by atoms with van der Waals surface area (Å²) in [7, 11) is 0. The summed E-state index contributed by atoms with van der Waals surface area (Å²) in [4.78, 5) is 41.3. The van der Waals surface area contributed by atoms with Gasteiger partial charge in [-0.3, -0.25) is 4.79 Å². The average Bonchev–Trinajstić information content (AvgIpc) is 3.05. The molecule has 9 heteroatoms. The molecule has 0 aliphatic carbocycles. The number of esters is 2. The van der Waals surface area contributed by atoms with E-state index in [0.29, 0.717) is 17.5 Å². The second-order valence-electron chi connectivity index (χ2n) is 5.91. The zero-order chi connectivity index (χ0) is 19.5. The van der Waals surface area contributed by atoms with Crippen molar-refractivity contribution in [2.75, 3.05) is 26.3 Å². The second-order valence-corrected chi connectivity index (χ2v) is 6.86. The number of carbonyl (C=O) groups is 3. The van der Waals surface area contributed by atoms with Gasteiger partial charge in [-0.05, 0) is 26.2 Å². The monoisotopic (exact) mass is 385 g/mol. The third kappa shape index (κ3) is 7.81. The average molecular weight is 385 g/mol. The lowest BCUT2D eigenvalue weighted by Gasteiger charge is -2.22. The molecule has 1 rings (SSSR count). The van der Waals surface area contributed by atoms with Crippen LogP contribution >= 0.6 is 11.3 Å². The van der Waals surface area contributed by atoms with E-state index in [9.17, 15) is 14.4 Å². The number of rotatable bonds is 10. The van der Waals surface area contributed by atoms with Gasteiger partial charge in [0.2, 0.25) is 0 Å². The van der Waals surface area contributed by atoms with Crippen LogP contribution in [0.1, 0.15) is 49.6 Å². The summed E-state index contributed by atoms with van der Waals surface area (Å²) >= 11 is 1.29. The number of ether oxygens (including phenoxy) is 2. The molecule has 1 N–H and O–H groups in total. The highest BCUT2D eigenvalue weighted by Crippen LogP contribution is 2.15. The molecular weight excluding hydrogens is 358 g/mol. The predicted molar refractivity (Wildman–Crippen MR) is 98.0 cm³/mol. The Morgan fingerprint density at radius 3 is 2.54 bits per heavy atom. The molecule has 0 unspecified atom stereocenters. The number of nitrogens with one attached hydrogen (secondary N) is 1. The number of hydrogen-bond donors (Lipinski definition) is 1. The highest BCUT2D eigenvalue weighted by molar-refractivity contribution is 7.09. The van der Waals surface area contributed by atoms with Gasteiger partial charge < -0.3 is 19.7 Å². The van der Waals surface area contributed by atoms with Crippen molar-refractivity contribution >= 4 is 29.3 Å². The van der Waals surface area contributed by atoms with Gasteiger partial charge >= 0.3 is 18.0 Å². The van der Waals surface area contributed by atoms with Gasteiger partial charge in [-0.25, -0.2) is 14.6 Å². The summed E-state index contributed by atoms with van der Waals surface area (Å²) in [6.07, 6.45) is 0.808. The Morgan fingerprint density at radius 1 is 1.23 bits per heavy atom. The first kappa shape index (κ1) is 21.9. The highest BCUT2D eigenvalue weighted by atomic mass is 32.1. The molecule has 0 atom stereocenters. The Labute approximate surface area is 157 Å². The van der Waals surface area contributed by atoms with E-state index in [4.69, 9.17) is 9.47 Å². The van der Waals surface area contributed by atoms with E-state index in [-0.39, 0.29) is 38.0 Å². The molecule has 1 heterocycles.